The van der Waals surface area contributed by atoms with Crippen molar-refractivity contribution in [3.63, 3.8) is 0 Å². The van der Waals surface area contributed by atoms with Gasteiger partial charge in [0.05, 0.1) is 5.76 Å². The molecule has 0 aliphatic carbocycles. The second-order valence-electron chi connectivity index (χ2n) is 2.89. The molecule has 10 heavy (non-hydrogen) atoms. The van der Waals surface area contributed by atoms with Crippen molar-refractivity contribution in [2.75, 3.05) is 0 Å². The predicted molar refractivity (Wildman–Crippen MR) is 45.1 cm³/mol. The van der Waals surface area contributed by atoms with Crippen LogP contribution >= 0.6 is 0 Å². The molecule has 1 atom stereocenters. The quantitative estimate of drug-likeness (QED) is 0.461. The average Bonchev–Trinajstić information content (AvgIpc) is 1.88. The van der Waals surface area contributed by atoms with Gasteiger partial charge in [0, 0.05) is 5.92 Å². The lowest BCUT2D eigenvalue weighted by Crippen LogP contribution is -1.96. The van der Waals surface area contributed by atoms with Crippen molar-refractivity contribution in [3.05, 3.63) is 12.3 Å². The predicted octanol–water partition coefficient (Wildman–Crippen LogP) is 3.27. The van der Waals surface area contributed by atoms with E-state index in [1.54, 1.807) is 0 Å². The molecule has 0 aromatic rings. The SMILES string of the molecule is C=C(O)[C@@H](C)CCCCC. The van der Waals surface area contributed by atoms with Gasteiger partial charge in [0.1, 0.15) is 0 Å². The summed E-state index contributed by atoms with van der Waals surface area (Å²) in [6, 6.07) is 0. The van der Waals surface area contributed by atoms with E-state index in [1.807, 2.05) is 6.92 Å². The number of hydrogen-bond acceptors (Lipinski definition) is 1. The van der Waals surface area contributed by atoms with Crippen LogP contribution in [0.5, 0.6) is 0 Å². The lowest BCUT2D eigenvalue weighted by Gasteiger charge is -2.07. The van der Waals surface area contributed by atoms with Gasteiger partial charge in [-0.05, 0) is 6.42 Å². The zero-order chi connectivity index (χ0) is 7.98. The number of hydrogen-bond donors (Lipinski definition) is 1. The van der Waals surface area contributed by atoms with E-state index in [0.29, 0.717) is 5.76 Å². The summed E-state index contributed by atoms with van der Waals surface area (Å²) in [6.07, 6.45) is 4.78. The van der Waals surface area contributed by atoms with Crippen LogP contribution in [0.1, 0.15) is 39.5 Å². The summed E-state index contributed by atoms with van der Waals surface area (Å²) in [6.45, 7) is 7.68. The molecule has 0 radical (unpaired) electrons. The highest BCUT2D eigenvalue weighted by molar-refractivity contribution is 4.85. The number of unbranched alkanes of at least 4 members (excludes halogenated alkanes) is 2. The molecule has 0 amide bonds. The molecule has 0 aromatic carbocycles. The van der Waals surface area contributed by atoms with Crippen molar-refractivity contribution in [2.24, 2.45) is 5.92 Å². The van der Waals surface area contributed by atoms with E-state index < -0.39 is 0 Å². The first kappa shape index (κ1) is 9.54. The molecule has 0 saturated carbocycles. The normalized spacial score (nSPS) is 13.0. The van der Waals surface area contributed by atoms with Crippen LogP contribution in [-0.2, 0) is 0 Å². The lowest BCUT2D eigenvalue weighted by atomic mass is 10.0. The first-order chi connectivity index (χ1) is 4.68. The molecule has 0 saturated heterocycles. The van der Waals surface area contributed by atoms with Crippen LogP contribution in [-0.4, -0.2) is 5.11 Å². The first-order valence-electron chi connectivity index (χ1n) is 4.06. The van der Waals surface area contributed by atoms with Crippen molar-refractivity contribution in [2.45, 2.75) is 39.5 Å². The van der Waals surface area contributed by atoms with Crippen LogP contribution in [0.4, 0.5) is 0 Å². The van der Waals surface area contributed by atoms with Crippen LogP contribution in [0, 0.1) is 5.92 Å². The Morgan fingerprint density at radius 3 is 2.50 bits per heavy atom. The summed E-state index contributed by atoms with van der Waals surface area (Å²) in [5.74, 6) is 0.614. The van der Waals surface area contributed by atoms with Crippen LogP contribution in [0.15, 0.2) is 12.3 Å². The maximum atomic E-state index is 8.93. The second kappa shape index (κ2) is 5.33. The minimum atomic E-state index is 0.284. The molecule has 60 valence electrons. The van der Waals surface area contributed by atoms with Crippen molar-refractivity contribution in [1.82, 2.24) is 0 Å². The Kier molecular flexibility index (Phi) is 5.09. The van der Waals surface area contributed by atoms with Gasteiger partial charge < -0.3 is 5.11 Å². The number of rotatable bonds is 5. The van der Waals surface area contributed by atoms with E-state index in [1.165, 1.54) is 19.3 Å². The van der Waals surface area contributed by atoms with Gasteiger partial charge >= 0.3 is 0 Å². The highest BCUT2D eigenvalue weighted by atomic mass is 16.3. The molecule has 1 heteroatoms. The van der Waals surface area contributed by atoms with Gasteiger partial charge in [-0.25, -0.2) is 0 Å². The van der Waals surface area contributed by atoms with Crippen LogP contribution in [0.25, 0.3) is 0 Å². The topological polar surface area (TPSA) is 20.2 Å². The second-order valence-corrected chi connectivity index (χ2v) is 2.89. The van der Waals surface area contributed by atoms with Crippen molar-refractivity contribution in [3.8, 4) is 0 Å². The minimum absolute atomic E-state index is 0.284. The molecular formula is C9H18O. The smallest absolute Gasteiger partial charge is 0.0879 e. The fraction of sp³-hybridized carbons (Fsp3) is 0.778. The molecule has 0 spiro atoms. The Hall–Kier alpha value is -0.460. The minimum Gasteiger partial charge on any atom is -0.513 e. The van der Waals surface area contributed by atoms with Crippen molar-refractivity contribution < 1.29 is 5.11 Å². The summed E-state index contributed by atoms with van der Waals surface area (Å²) in [7, 11) is 0. The zero-order valence-electron chi connectivity index (χ0n) is 7.06. The largest absolute Gasteiger partial charge is 0.513 e. The summed E-state index contributed by atoms with van der Waals surface area (Å²) < 4.78 is 0. The molecular weight excluding hydrogens is 124 g/mol. The number of aliphatic hydroxyl groups is 1. The molecule has 0 unspecified atom stereocenters. The molecule has 0 fully saturated rings. The van der Waals surface area contributed by atoms with E-state index in [-0.39, 0.29) is 5.92 Å². The van der Waals surface area contributed by atoms with E-state index >= 15 is 0 Å². The molecule has 0 aliphatic heterocycles. The van der Waals surface area contributed by atoms with Crippen molar-refractivity contribution >= 4 is 0 Å². The molecule has 0 aromatic heterocycles. The van der Waals surface area contributed by atoms with Gasteiger partial charge in [-0.3, -0.25) is 0 Å². The Morgan fingerprint density at radius 1 is 1.50 bits per heavy atom. The van der Waals surface area contributed by atoms with Crippen LogP contribution < -0.4 is 0 Å². The monoisotopic (exact) mass is 142 g/mol. The molecule has 0 rings (SSSR count). The van der Waals surface area contributed by atoms with E-state index in [9.17, 15) is 0 Å². The standard InChI is InChI=1S/C9H18O/c1-4-5-6-7-8(2)9(3)10/h8,10H,3-7H2,1-2H3/t8-/m0/s1. The van der Waals surface area contributed by atoms with E-state index in [0.717, 1.165) is 6.42 Å². The summed E-state index contributed by atoms with van der Waals surface area (Å²) >= 11 is 0. The van der Waals surface area contributed by atoms with E-state index in [2.05, 4.69) is 13.5 Å². The van der Waals surface area contributed by atoms with Gasteiger partial charge in [0.2, 0.25) is 0 Å². The fourth-order valence-electron chi connectivity index (χ4n) is 0.867. The van der Waals surface area contributed by atoms with Gasteiger partial charge in [0.15, 0.2) is 0 Å². The summed E-state index contributed by atoms with van der Waals surface area (Å²) in [5, 5.41) is 8.93. The highest BCUT2D eigenvalue weighted by Crippen LogP contribution is 2.13. The van der Waals surface area contributed by atoms with Gasteiger partial charge in [-0.1, -0.05) is 39.7 Å². The van der Waals surface area contributed by atoms with Crippen molar-refractivity contribution in [1.29, 1.82) is 0 Å². The Bertz CT molecular complexity index is 96.9. The Morgan fingerprint density at radius 2 is 2.10 bits per heavy atom. The molecule has 0 heterocycles. The maximum absolute atomic E-state index is 8.93. The molecule has 0 bridgehead atoms. The number of allylic oxidation sites excluding steroid dienone is 1. The van der Waals surface area contributed by atoms with Gasteiger partial charge in [0.25, 0.3) is 0 Å². The van der Waals surface area contributed by atoms with Gasteiger partial charge in [-0.2, -0.15) is 0 Å². The fourth-order valence-corrected chi connectivity index (χ4v) is 0.867. The average molecular weight is 142 g/mol. The summed E-state index contributed by atoms with van der Waals surface area (Å²) in [4.78, 5) is 0. The molecule has 1 nitrogen and oxygen atoms in total. The van der Waals surface area contributed by atoms with E-state index in [4.69, 9.17) is 5.11 Å². The first-order valence-corrected chi connectivity index (χ1v) is 4.06. The Balaban J connectivity index is 3.21. The van der Waals surface area contributed by atoms with Crippen LogP contribution in [0.2, 0.25) is 0 Å². The highest BCUT2D eigenvalue weighted by Gasteiger charge is 2.02. The third kappa shape index (κ3) is 4.42. The third-order valence-corrected chi connectivity index (χ3v) is 1.81. The van der Waals surface area contributed by atoms with Crippen LogP contribution in [0.3, 0.4) is 0 Å². The Labute approximate surface area is 63.8 Å². The maximum Gasteiger partial charge on any atom is 0.0879 e. The number of aliphatic hydroxyl groups excluding tert-OH is 1. The molecule has 1 N–H and O–H groups in total. The summed E-state index contributed by atoms with van der Waals surface area (Å²) in [5.41, 5.74) is 0. The van der Waals surface area contributed by atoms with Gasteiger partial charge in [-0.15, -0.1) is 0 Å². The third-order valence-electron chi connectivity index (χ3n) is 1.81. The molecule has 0 aliphatic rings. The zero-order valence-corrected chi connectivity index (χ0v) is 7.06. The lowest BCUT2D eigenvalue weighted by molar-refractivity contribution is 0.329.